The molecular formula is C15H18O5S2. The Hall–Kier alpha value is -1.44. The molecule has 5 nitrogen and oxygen atoms in total. The van der Waals surface area contributed by atoms with Gasteiger partial charge in [-0.05, 0) is 42.2 Å². The van der Waals surface area contributed by atoms with E-state index in [0.717, 1.165) is 23.0 Å². The average molecular weight is 342 g/mol. The molecule has 0 bridgehead atoms. The largest absolute Gasteiger partial charge is 0.297 e. The van der Waals surface area contributed by atoms with Gasteiger partial charge in [0.25, 0.3) is 10.1 Å². The standard InChI is InChI=1S/C14H14O5S2.CH4/c15-20(16)8-7-13(10-20)19-21(17,18)14-6-5-11-3-1-2-4-12(11)9-14;/h1-2,5-9,13H,3-4,10H2;1H4. The number of fused-ring (bicyclic) bond motifs is 1. The van der Waals surface area contributed by atoms with Gasteiger partial charge in [-0.15, -0.1) is 0 Å². The van der Waals surface area contributed by atoms with E-state index < -0.39 is 26.1 Å². The van der Waals surface area contributed by atoms with Crippen molar-refractivity contribution >= 4 is 20.0 Å². The molecule has 1 aliphatic heterocycles. The molecule has 1 unspecified atom stereocenters. The van der Waals surface area contributed by atoms with Crippen molar-refractivity contribution in [2.75, 3.05) is 5.75 Å². The van der Waals surface area contributed by atoms with E-state index in [1.807, 2.05) is 12.2 Å². The minimum Gasteiger partial charge on any atom is -0.258 e. The zero-order valence-electron chi connectivity index (χ0n) is 11.1. The maximum Gasteiger partial charge on any atom is 0.297 e. The Morgan fingerprint density at radius 1 is 1.09 bits per heavy atom. The van der Waals surface area contributed by atoms with Gasteiger partial charge in [-0.25, -0.2) is 8.42 Å². The fourth-order valence-electron chi connectivity index (χ4n) is 2.39. The van der Waals surface area contributed by atoms with E-state index >= 15 is 0 Å². The third-order valence-corrected chi connectivity index (χ3v) is 6.15. The zero-order chi connectivity index (χ0) is 15.1. The lowest BCUT2D eigenvalue weighted by molar-refractivity contribution is 0.279. The molecule has 22 heavy (non-hydrogen) atoms. The smallest absolute Gasteiger partial charge is 0.258 e. The Bertz CT molecular complexity index is 833. The molecule has 1 heterocycles. The highest BCUT2D eigenvalue weighted by Gasteiger charge is 2.28. The van der Waals surface area contributed by atoms with Crippen molar-refractivity contribution in [3.8, 4) is 0 Å². The van der Waals surface area contributed by atoms with Crippen molar-refractivity contribution in [3.63, 3.8) is 0 Å². The number of benzene rings is 1. The molecule has 0 saturated heterocycles. The molecule has 1 aromatic rings. The molecule has 1 aliphatic carbocycles. The van der Waals surface area contributed by atoms with Crippen molar-refractivity contribution in [2.24, 2.45) is 0 Å². The lowest BCUT2D eigenvalue weighted by Crippen LogP contribution is -2.20. The third-order valence-electron chi connectivity index (χ3n) is 3.46. The fraction of sp³-hybridized carbons (Fsp3) is 0.333. The highest BCUT2D eigenvalue weighted by molar-refractivity contribution is 7.94. The maximum absolute atomic E-state index is 12.2. The first kappa shape index (κ1) is 16.9. The van der Waals surface area contributed by atoms with Crippen molar-refractivity contribution in [1.29, 1.82) is 0 Å². The van der Waals surface area contributed by atoms with E-state index in [4.69, 9.17) is 4.18 Å². The first-order valence-electron chi connectivity index (χ1n) is 6.47. The summed E-state index contributed by atoms with van der Waals surface area (Å²) in [6.45, 7) is 0. The van der Waals surface area contributed by atoms with Gasteiger partial charge < -0.3 is 0 Å². The molecule has 0 fully saturated rings. The van der Waals surface area contributed by atoms with Gasteiger partial charge in [0.15, 0.2) is 9.84 Å². The van der Waals surface area contributed by atoms with Gasteiger partial charge in [-0.3, -0.25) is 4.18 Å². The second-order valence-electron chi connectivity index (χ2n) is 5.06. The minimum atomic E-state index is -3.97. The molecule has 7 heteroatoms. The van der Waals surface area contributed by atoms with Crippen LogP contribution in [0.3, 0.4) is 0 Å². The van der Waals surface area contributed by atoms with Crippen molar-refractivity contribution in [3.05, 3.63) is 53.0 Å². The summed E-state index contributed by atoms with van der Waals surface area (Å²) >= 11 is 0. The summed E-state index contributed by atoms with van der Waals surface area (Å²) in [4.78, 5) is 0.0641. The number of hydrogen-bond donors (Lipinski definition) is 0. The van der Waals surface area contributed by atoms with Crippen LogP contribution in [0.4, 0.5) is 0 Å². The molecule has 1 aromatic carbocycles. The third kappa shape index (κ3) is 3.48. The van der Waals surface area contributed by atoms with Crippen LogP contribution in [-0.2, 0) is 37.0 Å². The minimum absolute atomic E-state index is 0. The monoisotopic (exact) mass is 342 g/mol. The Kier molecular flexibility index (Phi) is 4.60. The number of hydrogen-bond acceptors (Lipinski definition) is 5. The van der Waals surface area contributed by atoms with Gasteiger partial charge in [0.05, 0.1) is 10.6 Å². The van der Waals surface area contributed by atoms with Gasteiger partial charge in [-0.2, -0.15) is 8.42 Å². The summed E-state index contributed by atoms with van der Waals surface area (Å²) in [6.07, 6.45) is 5.83. The summed E-state index contributed by atoms with van der Waals surface area (Å²) in [5, 5.41) is 0.991. The van der Waals surface area contributed by atoms with Gasteiger partial charge in [0.1, 0.15) is 6.10 Å². The van der Waals surface area contributed by atoms with Gasteiger partial charge in [-0.1, -0.05) is 25.6 Å². The molecule has 2 aliphatic rings. The first-order chi connectivity index (χ1) is 9.86. The molecule has 0 spiro atoms. The van der Waals surface area contributed by atoms with Crippen LogP contribution in [0.2, 0.25) is 0 Å². The normalized spacial score (nSPS) is 22.1. The molecular weight excluding hydrogens is 324 g/mol. The van der Waals surface area contributed by atoms with Crippen molar-refractivity contribution in [2.45, 2.75) is 31.3 Å². The lowest BCUT2D eigenvalue weighted by atomic mass is 9.97. The van der Waals surface area contributed by atoms with E-state index in [2.05, 4.69) is 0 Å². The Balaban J connectivity index is 0.00000176. The average Bonchev–Trinajstić information content (AvgIpc) is 2.76. The predicted molar refractivity (Wildman–Crippen MR) is 84.7 cm³/mol. The van der Waals surface area contributed by atoms with Crippen LogP contribution in [0, 0.1) is 0 Å². The molecule has 3 rings (SSSR count). The van der Waals surface area contributed by atoms with Crippen molar-refractivity contribution < 1.29 is 21.0 Å². The molecule has 0 radical (unpaired) electrons. The lowest BCUT2D eigenvalue weighted by Gasteiger charge is -2.14. The van der Waals surface area contributed by atoms with Gasteiger partial charge in [0.2, 0.25) is 0 Å². The van der Waals surface area contributed by atoms with E-state index in [9.17, 15) is 16.8 Å². The van der Waals surface area contributed by atoms with E-state index in [1.165, 1.54) is 12.1 Å². The topological polar surface area (TPSA) is 77.5 Å². The SMILES string of the molecule is C.O=S1(=O)C=CC(OS(=O)(=O)c2ccc3c(c2)CC=CC3)C1. The number of sulfone groups is 1. The van der Waals surface area contributed by atoms with E-state index in [0.29, 0.717) is 6.42 Å². The molecule has 0 N–H and O–H groups in total. The highest BCUT2D eigenvalue weighted by atomic mass is 32.2. The summed E-state index contributed by atoms with van der Waals surface area (Å²) in [6, 6.07) is 4.87. The Morgan fingerprint density at radius 2 is 1.77 bits per heavy atom. The maximum atomic E-state index is 12.2. The van der Waals surface area contributed by atoms with Gasteiger partial charge >= 0.3 is 0 Å². The van der Waals surface area contributed by atoms with Crippen LogP contribution in [0.5, 0.6) is 0 Å². The zero-order valence-corrected chi connectivity index (χ0v) is 12.7. The van der Waals surface area contributed by atoms with E-state index in [1.54, 1.807) is 12.1 Å². The van der Waals surface area contributed by atoms with Crippen LogP contribution >= 0.6 is 0 Å². The van der Waals surface area contributed by atoms with Crippen LogP contribution in [0.1, 0.15) is 18.6 Å². The second-order valence-corrected chi connectivity index (χ2v) is 8.56. The van der Waals surface area contributed by atoms with Crippen LogP contribution in [-0.4, -0.2) is 28.7 Å². The van der Waals surface area contributed by atoms with Crippen LogP contribution < -0.4 is 0 Å². The molecule has 1 atom stereocenters. The van der Waals surface area contributed by atoms with Crippen LogP contribution in [0.25, 0.3) is 0 Å². The quantitative estimate of drug-likeness (QED) is 0.620. The Labute approximate surface area is 131 Å². The summed E-state index contributed by atoms with van der Waals surface area (Å²) in [5.74, 6) is -0.333. The number of rotatable bonds is 3. The Morgan fingerprint density at radius 3 is 2.41 bits per heavy atom. The predicted octanol–water partition coefficient (Wildman–Crippen LogP) is 1.99. The van der Waals surface area contributed by atoms with Crippen molar-refractivity contribution in [1.82, 2.24) is 0 Å². The summed E-state index contributed by atoms with van der Waals surface area (Å²) in [5.41, 5.74) is 2.05. The second kappa shape index (κ2) is 5.98. The van der Waals surface area contributed by atoms with E-state index in [-0.39, 0.29) is 18.1 Å². The number of allylic oxidation sites excluding steroid dienone is 2. The molecule has 120 valence electrons. The summed E-state index contributed by atoms with van der Waals surface area (Å²) in [7, 11) is -7.31. The fourth-order valence-corrected chi connectivity index (χ4v) is 4.73. The summed E-state index contributed by atoms with van der Waals surface area (Å²) < 4.78 is 52.0. The highest BCUT2D eigenvalue weighted by Crippen LogP contribution is 2.24. The van der Waals surface area contributed by atoms with Gasteiger partial charge in [0, 0.05) is 5.41 Å². The molecule has 0 amide bonds. The van der Waals surface area contributed by atoms with Crippen LogP contribution in [0.15, 0.2) is 46.7 Å². The molecule has 0 aromatic heterocycles. The molecule has 0 saturated carbocycles. The first-order valence-corrected chi connectivity index (χ1v) is 9.59.